The largest absolute Gasteiger partial charge is 0.433 e. The van der Waals surface area contributed by atoms with Crippen LogP contribution in [-0.2, 0) is 6.18 Å². The van der Waals surface area contributed by atoms with Gasteiger partial charge in [0.15, 0.2) is 0 Å². The van der Waals surface area contributed by atoms with Crippen molar-refractivity contribution in [3.8, 4) is 11.3 Å². The lowest BCUT2D eigenvalue weighted by Gasteiger charge is -2.06. The molecule has 0 saturated heterocycles. The molecular weight excluding hydrogens is 255 g/mol. The van der Waals surface area contributed by atoms with E-state index in [2.05, 4.69) is 15.0 Å². The molecule has 3 nitrogen and oxygen atoms in total. The van der Waals surface area contributed by atoms with Crippen LogP contribution in [-0.4, -0.2) is 15.0 Å². The minimum Gasteiger partial charge on any atom is -0.251 e. The molecule has 2 aromatic heterocycles. The zero-order valence-electron chi connectivity index (χ0n) is 8.24. The van der Waals surface area contributed by atoms with Crippen molar-refractivity contribution in [2.24, 2.45) is 0 Å². The first-order chi connectivity index (χ1) is 7.97. The fourth-order valence-corrected chi connectivity index (χ4v) is 1.35. The van der Waals surface area contributed by atoms with Crippen LogP contribution < -0.4 is 0 Å². The Morgan fingerprint density at radius 3 is 2.35 bits per heavy atom. The Bertz CT molecular complexity index is 525. The minimum atomic E-state index is -4.44. The van der Waals surface area contributed by atoms with E-state index in [1.54, 1.807) is 0 Å². The van der Waals surface area contributed by atoms with Gasteiger partial charge in [-0.25, -0.2) is 9.97 Å². The third-order valence-corrected chi connectivity index (χ3v) is 2.19. The summed E-state index contributed by atoms with van der Waals surface area (Å²) in [6.45, 7) is 0. The molecule has 2 aromatic rings. The van der Waals surface area contributed by atoms with Crippen molar-refractivity contribution in [1.29, 1.82) is 0 Å². The molecule has 0 fully saturated rings. The van der Waals surface area contributed by atoms with Gasteiger partial charge in [-0.05, 0) is 12.1 Å². The highest BCUT2D eigenvalue weighted by atomic mass is 35.5. The van der Waals surface area contributed by atoms with Gasteiger partial charge in [0.1, 0.15) is 17.2 Å². The first kappa shape index (κ1) is 11.8. The number of alkyl halides is 3. The summed E-state index contributed by atoms with van der Waals surface area (Å²) < 4.78 is 36.8. The molecule has 0 aliphatic rings. The van der Waals surface area contributed by atoms with Crippen LogP contribution in [0.4, 0.5) is 13.2 Å². The van der Waals surface area contributed by atoms with E-state index in [-0.39, 0.29) is 5.15 Å². The highest BCUT2D eigenvalue weighted by Gasteiger charge is 2.32. The van der Waals surface area contributed by atoms with Crippen LogP contribution in [0.5, 0.6) is 0 Å². The lowest BCUT2D eigenvalue weighted by molar-refractivity contribution is -0.141. The fraction of sp³-hybridized carbons (Fsp3) is 0.100. The number of hydrogen-bond acceptors (Lipinski definition) is 3. The average Bonchev–Trinajstić information content (AvgIpc) is 2.28. The van der Waals surface area contributed by atoms with Crippen LogP contribution in [0, 0.1) is 0 Å². The van der Waals surface area contributed by atoms with Crippen molar-refractivity contribution in [2.75, 3.05) is 0 Å². The monoisotopic (exact) mass is 259 g/mol. The zero-order valence-corrected chi connectivity index (χ0v) is 9.00. The summed E-state index contributed by atoms with van der Waals surface area (Å²) >= 11 is 5.65. The van der Waals surface area contributed by atoms with E-state index < -0.39 is 11.9 Å². The number of pyridine rings is 1. The van der Waals surface area contributed by atoms with Gasteiger partial charge in [-0.15, -0.1) is 0 Å². The van der Waals surface area contributed by atoms with E-state index in [4.69, 9.17) is 11.6 Å². The standard InChI is InChI=1S/C10H5ClF3N3/c11-9-3-7(16-5-17-9)6-1-2-8(15-4-6)10(12,13)14/h1-5H. The number of halogens is 4. The first-order valence-corrected chi connectivity index (χ1v) is 4.86. The second kappa shape index (κ2) is 4.29. The maximum absolute atomic E-state index is 12.3. The number of nitrogens with zero attached hydrogens (tertiary/aromatic N) is 3. The van der Waals surface area contributed by atoms with Crippen molar-refractivity contribution in [2.45, 2.75) is 6.18 Å². The summed E-state index contributed by atoms with van der Waals surface area (Å²) in [6, 6.07) is 3.63. The van der Waals surface area contributed by atoms with E-state index in [0.29, 0.717) is 11.3 Å². The van der Waals surface area contributed by atoms with Gasteiger partial charge in [0.25, 0.3) is 0 Å². The van der Waals surface area contributed by atoms with E-state index >= 15 is 0 Å². The third-order valence-electron chi connectivity index (χ3n) is 1.98. The Balaban J connectivity index is 2.36. The van der Waals surface area contributed by atoms with Gasteiger partial charge in [0.2, 0.25) is 0 Å². The van der Waals surface area contributed by atoms with Gasteiger partial charge in [-0.3, -0.25) is 4.98 Å². The summed E-state index contributed by atoms with van der Waals surface area (Å²) in [4.78, 5) is 10.9. The fourth-order valence-electron chi connectivity index (χ4n) is 1.20. The van der Waals surface area contributed by atoms with Crippen molar-refractivity contribution in [3.05, 3.63) is 41.6 Å². The van der Waals surface area contributed by atoms with E-state index in [1.807, 2.05) is 0 Å². The highest BCUT2D eigenvalue weighted by molar-refractivity contribution is 6.29. The molecule has 2 heterocycles. The lowest BCUT2D eigenvalue weighted by atomic mass is 10.2. The molecular formula is C10H5ClF3N3. The van der Waals surface area contributed by atoms with Crippen molar-refractivity contribution in [3.63, 3.8) is 0 Å². The van der Waals surface area contributed by atoms with Crippen LogP contribution in [0.25, 0.3) is 11.3 Å². The van der Waals surface area contributed by atoms with E-state index in [0.717, 1.165) is 12.3 Å². The molecule has 0 unspecified atom stereocenters. The molecule has 88 valence electrons. The van der Waals surface area contributed by atoms with E-state index in [9.17, 15) is 13.2 Å². The smallest absolute Gasteiger partial charge is 0.251 e. The molecule has 0 saturated carbocycles. The second-order valence-corrected chi connectivity index (χ2v) is 3.54. The van der Waals surface area contributed by atoms with Crippen LogP contribution in [0.2, 0.25) is 5.15 Å². The zero-order chi connectivity index (χ0) is 12.5. The first-order valence-electron chi connectivity index (χ1n) is 4.48. The molecule has 17 heavy (non-hydrogen) atoms. The van der Waals surface area contributed by atoms with Crippen LogP contribution >= 0.6 is 11.6 Å². The van der Waals surface area contributed by atoms with Gasteiger partial charge >= 0.3 is 6.18 Å². The summed E-state index contributed by atoms with van der Waals surface area (Å²) in [5.74, 6) is 0. The molecule has 0 radical (unpaired) electrons. The predicted octanol–water partition coefficient (Wildman–Crippen LogP) is 3.21. The quantitative estimate of drug-likeness (QED) is 0.738. The molecule has 0 aromatic carbocycles. The number of aromatic nitrogens is 3. The minimum absolute atomic E-state index is 0.217. The molecule has 0 aliphatic heterocycles. The molecule has 0 N–H and O–H groups in total. The van der Waals surface area contributed by atoms with Gasteiger partial charge in [-0.2, -0.15) is 13.2 Å². The molecule has 0 aliphatic carbocycles. The van der Waals surface area contributed by atoms with Gasteiger partial charge in [0.05, 0.1) is 5.69 Å². The lowest BCUT2D eigenvalue weighted by Crippen LogP contribution is -2.07. The summed E-state index contributed by atoms with van der Waals surface area (Å²) in [5.41, 5.74) is -0.0741. The Morgan fingerprint density at radius 1 is 1.06 bits per heavy atom. The number of hydrogen-bond donors (Lipinski definition) is 0. The third kappa shape index (κ3) is 2.71. The predicted molar refractivity (Wildman–Crippen MR) is 55.3 cm³/mol. The molecule has 0 bridgehead atoms. The highest BCUT2D eigenvalue weighted by Crippen LogP contribution is 2.28. The molecule has 0 amide bonds. The summed E-state index contributed by atoms with van der Waals surface area (Å²) in [6.07, 6.45) is -2.11. The number of rotatable bonds is 1. The summed E-state index contributed by atoms with van der Waals surface area (Å²) in [5, 5.41) is 0.217. The van der Waals surface area contributed by atoms with Gasteiger partial charge in [0, 0.05) is 17.8 Å². The Morgan fingerprint density at radius 2 is 1.82 bits per heavy atom. The molecule has 0 atom stereocenters. The van der Waals surface area contributed by atoms with Crippen molar-refractivity contribution < 1.29 is 13.2 Å². The maximum Gasteiger partial charge on any atom is 0.433 e. The SMILES string of the molecule is FC(F)(F)c1ccc(-c2cc(Cl)ncn2)cn1. The van der Waals surface area contributed by atoms with Crippen LogP contribution in [0.15, 0.2) is 30.7 Å². The van der Waals surface area contributed by atoms with Crippen LogP contribution in [0.1, 0.15) is 5.69 Å². The maximum atomic E-state index is 12.3. The molecule has 0 spiro atoms. The molecule has 2 rings (SSSR count). The second-order valence-electron chi connectivity index (χ2n) is 3.16. The Hall–Kier alpha value is -1.69. The summed E-state index contributed by atoms with van der Waals surface area (Å²) in [7, 11) is 0. The topological polar surface area (TPSA) is 38.7 Å². The molecule has 7 heteroatoms. The van der Waals surface area contributed by atoms with Crippen LogP contribution in [0.3, 0.4) is 0 Å². The van der Waals surface area contributed by atoms with Gasteiger partial charge < -0.3 is 0 Å². The normalized spacial score (nSPS) is 11.5. The van der Waals surface area contributed by atoms with Crippen molar-refractivity contribution in [1.82, 2.24) is 15.0 Å². The Kier molecular flexibility index (Phi) is 2.97. The van der Waals surface area contributed by atoms with Gasteiger partial charge in [-0.1, -0.05) is 11.6 Å². The van der Waals surface area contributed by atoms with Crippen molar-refractivity contribution >= 4 is 11.6 Å². The Labute approximate surface area is 99.3 Å². The van der Waals surface area contributed by atoms with E-state index in [1.165, 1.54) is 18.5 Å². The average molecular weight is 260 g/mol.